The third kappa shape index (κ3) is 2.30. The van der Waals surface area contributed by atoms with Gasteiger partial charge in [0.25, 0.3) is 0 Å². The van der Waals surface area contributed by atoms with Gasteiger partial charge in [-0.05, 0) is 17.7 Å². The van der Waals surface area contributed by atoms with Crippen LogP contribution >= 0.6 is 0 Å². The van der Waals surface area contributed by atoms with Gasteiger partial charge in [-0.1, -0.05) is 0 Å². The van der Waals surface area contributed by atoms with E-state index in [0.29, 0.717) is 5.56 Å². The lowest BCUT2D eigenvalue weighted by molar-refractivity contribution is -0.131. The van der Waals surface area contributed by atoms with Gasteiger partial charge >= 0.3 is 5.97 Å². The molecule has 2 aromatic heterocycles. The van der Waals surface area contributed by atoms with Crippen molar-refractivity contribution in [2.45, 2.75) is 0 Å². The summed E-state index contributed by atoms with van der Waals surface area (Å²) in [4.78, 5) is 18.2. The molecule has 0 spiro atoms. The minimum atomic E-state index is -0.994. The Hall–Kier alpha value is -2.50. The molecule has 2 heterocycles. The van der Waals surface area contributed by atoms with E-state index in [9.17, 15) is 4.79 Å². The molecule has 0 bridgehead atoms. The number of carboxylic acid groups (broad SMARTS) is 1. The fourth-order valence-electron chi connectivity index (χ4n) is 1.17. The van der Waals surface area contributed by atoms with Crippen LogP contribution in [0.15, 0.2) is 37.2 Å². The van der Waals surface area contributed by atoms with E-state index in [4.69, 9.17) is 5.11 Å². The molecular formula is C10H8N4O2. The van der Waals surface area contributed by atoms with Crippen LogP contribution in [0.5, 0.6) is 0 Å². The maximum Gasteiger partial charge on any atom is 0.328 e. The topological polar surface area (TPSA) is 80.9 Å². The van der Waals surface area contributed by atoms with Crippen LogP contribution in [0.1, 0.15) is 5.56 Å². The average molecular weight is 216 g/mol. The second kappa shape index (κ2) is 4.35. The fourth-order valence-corrected chi connectivity index (χ4v) is 1.17. The molecule has 2 aromatic rings. The largest absolute Gasteiger partial charge is 0.478 e. The highest BCUT2D eigenvalue weighted by Crippen LogP contribution is 2.08. The van der Waals surface area contributed by atoms with Gasteiger partial charge in [0, 0.05) is 12.3 Å². The SMILES string of the molecule is O=C(O)/C=C/c1cncc(-n2cncn2)c1. The Labute approximate surface area is 90.9 Å². The van der Waals surface area contributed by atoms with Gasteiger partial charge in [-0.15, -0.1) is 0 Å². The number of nitrogens with zero attached hydrogens (tertiary/aromatic N) is 4. The minimum Gasteiger partial charge on any atom is -0.478 e. The van der Waals surface area contributed by atoms with Crippen LogP contribution in [0, 0.1) is 0 Å². The third-order valence-electron chi connectivity index (χ3n) is 1.85. The van der Waals surface area contributed by atoms with Gasteiger partial charge < -0.3 is 5.11 Å². The summed E-state index contributed by atoms with van der Waals surface area (Å²) in [6, 6.07) is 1.76. The van der Waals surface area contributed by atoms with Gasteiger partial charge in [-0.25, -0.2) is 14.5 Å². The maximum atomic E-state index is 10.4. The van der Waals surface area contributed by atoms with E-state index in [1.54, 1.807) is 29.5 Å². The van der Waals surface area contributed by atoms with Gasteiger partial charge in [0.2, 0.25) is 0 Å². The molecule has 0 aliphatic carbocycles. The van der Waals surface area contributed by atoms with Gasteiger partial charge in [-0.3, -0.25) is 4.98 Å². The Morgan fingerprint density at radius 1 is 1.38 bits per heavy atom. The highest BCUT2D eigenvalue weighted by molar-refractivity contribution is 5.85. The molecule has 0 aliphatic rings. The summed E-state index contributed by atoms with van der Waals surface area (Å²) < 4.78 is 1.55. The van der Waals surface area contributed by atoms with Crippen molar-refractivity contribution in [3.63, 3.8) is 0 Å². The number of aliphatic carboxylic acids is 1. The van der Waals surface area contributed by atoms with Crippen LogP contribution in [-0.4, -0.2) is 30.8 Å². The van der Waals surface area contributed by atoms with Crippen molar-refractivity contribution in [3.05, 3.63) is 42.8 Å². The number of hydrogen-bond donors (Lipinski definition) is 1. The lowest BCUT2D eigenvalue weighted by atomic mass is 10.2. The molecule has 0 saturated carbocycles. The molecule has 16 heavy (non-hydrogen) atoms. The summed E-state index contributed by atoms with van der Waals surface area (Å²) in [6.45, 7) is 0. The molecule has 0 atom stereocenters. The summed E-state index contributed by atoms with van der Waals surface area (Å²) in [7, 11) is 0. The molecule has 0 unspecified atom stereocenters. The molecule has 0 amide bonds. The summed E-state index contributed by atoms with van der Waals surface area (Å²) in [6.07, 6.45) is 8.67. The van der Waals surface area contributed by atoms with Crippen LogP contribution < -0.4 is 0 Å². The van der Waals surface area contributed by atoms with E-state index in [1.165, 1.54) is 12.4 Å². The normalized spacial score (nSPS) is 10.8. The van der Waals surface area contributed by atoms with Crippen molar-refractivity contribution in [3.8, 4) is 5.69 Å². The maximum absolute atomic E-state index is 10.4. The first-order valence-corrected chi connectivity index (χ1v) is 4.47. The molecule has 0 aromatic carbocycles. The molecule has 80 valence electrons. The Morgan fingerprint density at radius 3 is 2.94 bits per heavy atom. The standard InChI is InChI=1S/C10H8N4O2/c15-10(16)2-1-8-3-9(5-11-4-8)14-7-12-6-13-14/h1-7H,(H,15,16)/b2-1+. The van der Waals surface area contributed by atoms with E-state index in [2.05, 4.69) is 15.1 Å². The molecule has 0 fully saturated rings. The fraction of sp³-hybridized carbons (Fsp3) is 0. The highest BCUT2D eigenvalue weighted by Gasteiger charge is 1.98. The molecular weight excluding hydrogens is 208 g/mol. The Balaban J connectivity index is 2.30. The molecule has 1 N–H and O–H groups in total. The smallest absolute Gasteiger partial charge is 0.328 e. The van der Waals surface area contributed by atoms with Gasteiger partial charge in [-0.2, -0.15) is 5.10 Å². The van der Waals surface area contributed by atoms with Crippen LogP contribution in [-0.2, 0) is 4.79 Å². The Kier molecular flexibility index (Phi) is 2.73. The summed E-state index contributed by atoms with van der Waals surface area (Å²) in [5, 5.41) is 12.4. The van der Waals surface area contributed by atoms with Crippen molar-refractivity contribution in [2.24, 2.45) is 0 Å². The minimum absolute atomic E-state index is 0.690. The summed E-state index contributed by atoms with van der Waals surface area (Å²) >= 11 is 0. The zero-order chi connectivity index (χ0) is 11.4. The van der Waals surface area contributed by atoms with Crippen molar-refractivity contribution in [2.75, 3.05) is 0 Å². The van der Waals surface area contributed by atoms with E-state index in [-0.39, 0.29) is 0 Å². The number of pyridine rings is 1. The van der Waals surface area contributed by atoms with Crippen molar-refractivity contribution >= 4 is 12.0 Å². The van der Waals surface area contributed by atoms with Crippen LogP contribution in [0.2, 0.25) is 0 Å². The van der Waals surface area contributed by atoms with Gasteiger partial charge in [0.15, 0.2) is 0 Å². The number of rotatable bonds is 3. The predicted octanol–water partition coefficient (Wildman–Crippen LogP) is 0.760. The number of aromatic nitrogens is 4. The van der Waals surface area contributed by atoms with Gasteiger partial charge in [0.05, 0.1) is 11.9 Å². The number of carboxylic acids is 1. The summed E-state index contributed by atoms with van der Waals surface area (Å²) in [5.41, 5.74) is 1.42. The highest BCUT2D eigenvalue weighted by atomic mass is 16.4. The number of hydrogen-bond acceptors (Lipinski definition) is 4. The predicted molar refractivity (Wildman–Crippen MR) is 55.8 cm³/mol. The van der Waals surface area contributed by atoms with Crippen LogP contribution in [0.25, 0.3) is 11.8 Å². The van der Waals surface area contributed by atoms with Crippen LogP contribution in [0.3, 0.4) is 0 Å². The molecule has 6 nitrogen and oxygen atoms in total. The van der Waals surface area contributed by atoms with E-state index in [0.717, 1.165) is 11.8 Å². The Morgan fingerprint density at radius 2 is 2.25 bits per heavy atom. The molecule has 0 aliphatic heterocycles. The van der Waals surface area contributed by atoms with E-state index < -0.39 is 5.97 Å². The molecule has 2 rings (SSSR count). The zero-order valence-corrected chi connectivity index (χ0v) is 8.19. The number of carbonyl (C=O) groups is 1. The summed E-state index contributed by atoms with van der Waals surface area (Å²) in [5.74, 6) is -0.994. The third-order valence-corrected chi connectivity index (χ3v) is 1.85. The molecule has 6 heteroatoms. The van der Waals surface area contributed by atoms with Crippen molar-refractivity contribution in [1.29, 1.82) is 0 Å². The van der Waals surface area contributed by atoms with E-state index in [1.807, 2.05) is 0 Å². The lowest BCUT2D eigenvalue weighted by Gasteiger charge is -2.00. The Bertz CT molecular complexity index is 519. The first kappa shape index (κ1) is 10.0. The average Bonchev–Trinajstić information content (AvgIpc) is 2.80. The second-order valence-electron chi connectivity index (χ2n) is 2.99. The second-order valence-corrected chi connectivity index (χ2v) is 2.99. The molecule has 0 radical (unpaired) electrons. The van der Waals surface area contributed by atoms with Crippen molar-refractivity contribution in [1.82, 2.24) is 19.7 Å². The van der Waals surface area contributed by atoms with Crippen molar-refractivity contribution < 1.29 is 9.90 Å². The van der Waals surface area contributed by atoms with E-state index >= 15 is 0 Å². The monoisotopic (exact) mass is 216 g/mol. The first-order valence-electron chi connectivity index (χ1n) is 4.47. The van der Waals surface area contributed by atoms with Gasteiger partial charge in [0.1, 0.15) is 12.7 Å². The lowest BCUT2D eigenvalue weighted by Crippen LogP contribution is -1.95. The van der Waals surface area contributed by atoms with Crippen LogP contribution in [0.4, 0.5) is 0 Å². The zero-order valence-electron chi connectivity index (χ0n) is 8.19. The quantitative estimate of drug-likeness (QED) is 0.766. The molecule has 0 saturated heterocycles. The first-order chi connectivity index (χ1) is 7.75.